The Kier molecular flexibility index (Phi) is 5.78. The van der Waals surface area contributed by atoms with Crippen LogP contribution in [-0.4, -0.2) is 76.7 Å². The molecule has 0 bridgehead atoms. The van der Waals surface area contributed by atoms with Crippen molar-refractivity contribution in [3.05, 3.63) is 11.5 Å². The number of β-lactam (4-membered cyclic amide) rings is 1. The number of carbonyl (C=O) groups is 4. The number of carboxylic acids is 1. The molecule has 1 aliphatic carbocycles. The zero-order valence-corrected chi connectivity index (χ0v) is 15.3. The van der Waals surface area contributed by atoms with E-state index in [2.05, 4.69) is 10.6 Å². The Hall–Kier alpha value is -3.03. The highest BCUT2D eigenvalue weighted by molar-refractivity contribution is 5.93. The van der Waals surface area contributed by atoms with Crippen molar-refractivity contribution in [3.63, 3.8) is 0 Å². The van der Waals surface area contributed by atoms with Gasteiger partial charge in [0.05, 0.1) is 6.04 Å². The molecule has 4 rings (SSSR count). The van der Waals surface area contributed by atoms with Crippen LogP contribution in [0.1, 0.15) is 19.3 Å². The summed E-state index contributed by atoms with van der Waals surface area (Å²) >= 11 is 0. The second-order valence-corrected chi connectivity index (χ2v) is 7.02. The Morgan fingerprint density at radius 3 is 2.37 bits per heavy atom. The average molecular weight is 437 g/mol. The number of carbonyl (C=O) groups excluding carboxylic acids is 2. The number of carboxylic acid groups (broad SMARTS) is 2. The number of amides is 2. The zero-order chi connectivity index (χ0) is 22.2. The maximum absolute atomic E-state index is 12.1. The van der Waals surface area contributed by atoms with Gasteiger partial charge < -0.3 is 30.3 Å². The van der Waals surface area contributed by atoms with E-state index in [0.29, 0.717) is 12.1 Å². The van der Waals surface area contributed by atoms with Gasteiger partial charge in [0.25, 0.3) is 0 Å². The van der Waals surface area contributed by atoms with Gasteiger partial charge >= 0.3 is 24.4 Å². The fourth-order valence-electron chi connectivity index (χ4n) is 3.57. The molecule has 11 nitrogen and oxygen atoms in total. The number of piperidine rings is 1. The van der Waals surface area contributed by atoms with E-state index >= 15 is 0 Å². The Morgan fingerprint density at radius 1 is 1.20 bits per heavy atom. The van der Waals surface area contributed by atoms with Crippen molar-refractivity contribution in [2.75, 3.05) is 13.2 Å². The van der Waals surface area contributed by atoms with Crippen LogP contribution in [0.2, 0.25) is 0 Å². The smallest absolute Gasteiger partial charge is 0.475 e. The largest absolute Gasteiger partial charge is 0.512 e. The summed E-state index contributed by atoms with van der Waals surface area (Å²) < 4.78 is 41.8. The molecular formula is C16H18F3N3O8. The van der Waals surface area contributed by atoms with Crippen molar-refractivity contribution in [1.82, 2.24) is 15.5 Å². The maximum atomic E-state index is 12.1. The van der Waals surface area contributed by atoms with E-state index in [9.17, 15) is 27.6 Å². The van der Waals surface area contributed by atoms with Gasteiger partial charge in [-0.25, -0.2) is 14.4 Å². The number of aliphatic carboxylic acids is 1. The maximum Gasteiger partial charge on any atom is 0.512 e. The monoisotopic (exact) mass is 437 g/mol. The lowest BCUT2D eigenvalue weighted by atomic mass is 9.79. The Bertz CT molecular complexity index is 795. The van der Waals surface area contributed by atoms with Gasteiger partial charge in [-0.05, 0) is 25.8 Å². The van der Waals surface area contributed by atoms with Gasteiger partial charge in [-0.3, -0.25) is 9.69 Å². The summed E-state index contributed by atoms with van der Waals surface area (Å²) in [6, 6.07) is -0.269. The highest BCUT2D eigenvalue weighted by Gasteiger charge is 2.61. The molecule has 30 heavy (non-hydrogen) atoms. The number of ether oxygens (including phenoxy) is 2. The van der Waals surface area contributed by atoms with Crippen LogP contribution in [0.25, 0.3) is 0 Å². The van der Waals surface area contributed by atoms with Gasteiger partial charge in [-0.15, -0.1) is 0 Å². The number of hydrogen-bond donors (Lipinski definition) is 4. The molecule has 0 spiro atoms. The van der Waals surface area contributed by atoms with E-state index in [1.807, 2.05) is 0 Å². The summed E-state index contributed by atoms with van der Waals surface area (Å²) in [5, 5.41) is 21.9. The molecule has 3 heterocycles. The van der Waals surface area contributed by atoms with Gasteiger partial charge in [0.15, 0.2) is 0 Å². The molecule has 1 saturated carbocycles. The normalized spacial score (nSPS) is 26.7. The number of halogens is 3. The molecule has 14 heteroatoms. The van der Waals surface area contributed by atoms with Crippen LogP contribution in [0.5, 0.6) is 0 Å². The molecule has 166 valence electrons. The Labute approximate surface area is 166 Å². The van der Waals surface area contributed by atoms with Gasteiger partial charge in [-0.2, -0.15) is 13.2 Å². The molecule has 2 saturated heterocycles. The lowest BCUT2D eigenvalue weighted by molar-refractivity contribution is -0.192. The highest BCUT2D eigenvalue weighted by atomic mass is 19.4. The predicted molar refractivity (Wildman–Crippen MR) is 87.9 cm³/mol. The average Bonchev–Trinajstić information content (AvgIpc) is 3.39. The second-order valence-electron chi connectivity index (χ2n) is 7.02. The first-order valence-corrected chi connectivity index (χ1v) is 8.94. The molecule has 2 amide bonds. The predicted octanol–water partition coefficient (Wildman–Crippen LogP) is 0.617. The minimum Gasteiger partial charge on any atom is -0.475 e. The number of nitrogens with one attached hydrogen (secondary N) is 2. The van der Waals surface area contributed by atoms with Crippen LogP contribution in [0.4, 0.5) is 22.8 Å². The molecular weight excluding hydrogens is 419 g/mol. The molecule has 4 aliphatic rings. The minimum absolute atomic E-state index is 0.0108. The topological polar surface area (TPSA) is 154 Å². The summed E-state index contributed by atoms with van der Waals surface area (Å²) in [6.07, 6.45) is -4.46. The van der Waals surface area contributed by atoms with Crippen LogP contribution in [-0.2, 0) is 19.1 Å². The molecule has 0 aromatic rings. The van der Waals surface area contributed by atoms with Crippen molar-refractivity contribution in [1.29, 1.82) is 0 Å². The van der Waals surface area contributed by atoms with Crippen LogP contribution in [0.15, 0.2) is 11.5 Å². The van der Waals surface area contributed by atoms with Crippen LogP contribution in [0, 0.1) is 5.92 Å². The van der Waals surface area contributed by atoms with E-state index in [1.165, 1.54) is 4.90 Å². The van der Waals surface area contributed by atoms with E-state index < -0.39 is 24.4 Å². The highest BCUT2D eigenvalue weighted by Crippen LogP contribution is 2.46. The van der Waals surface area contributed by atoms with Crippen molar-refractivity contribution < 1.29 is 52.0 Å². The molecule has 3 fully saturated rings. The third kappa shape index (κ3) is 4.42. The molecule has 3 aliphatic heterocycles. The first-order valence-electron chi connectivity index (χ1n) is 8.94. The number of hydrogen-bond acceptors (Lipinski definition) is 7. The molecule has 3 atom stereocenters. The minimum atomic E-state index is -5.08. The summed E-state index contributed by atoms with van der Waals surface area (Å²) in [6.45, 7) is 0.586. The number of rotatable bonds is 4. The van der Waals surface area contributed by atoms with E-state index in [4.69, 9.17) is 24.5 Å². The molecule has 0 radical (unpaired) electrons. The van der Waals surface area contributed by atoms with Gasteiger partial charge in [0.1, 0.15) is 12.6 Å². The van der Waals surface area contributed by atoms with E-state index in [1.54, 1.807) is 0 Å². The Balaban J connectivity index is 0.000000318. The standard InChI is InChI=1S/C14H17N3O6.C2HF3O2/c18-11-9-10-7(3-4-15-9)8(12(17(10)11)23-14(20)21)5-22-13(19)16-6-1-2-6;3-2(4,5)1(6)7/h6-7,9-10,15H,1-5H2,(H,16,19)(H,20,21);(H,6,7)/t7?,9-,10+;/m0./s1. The van der Waals surface area contributed by atoms with Crippen LogP contribution in [0.3, 0.4) is 0 Å². The third-order valence-electron chi connectivity index (χ3n) is 5.00. The van der Waals surface area contributed by atoms with Crippen molar-refractivity contribution in [2.24, 2.45) is 5.92 Å². The van der Waals surface area contributed by atoms with Crippen LogP contribution >= 0.6 is 0 Å². The number of alkyl halides is 3. The van der Waals surface area contributed by atoms with Crippen molar-refractivity contribution >= 4 is 24.1 Å². The lowest BCUT2D eigenvalue weighted by Gasteiger charge is -2.48. The van der Waals surface area contributed by atoms with Crippen molar-refractivity contribution in [3.8, 4) is 0 Å². The quantitative estimate of drug-likeness (QED) is 0.366. The van der Waals surface area contributed by atoms with Gasteiger partial charge in [0.2, 0.25) is 11.8 Å². The fraction of sp³-hybridized carbons (Fsp3) is 0.625. The zero-order valence-electron chi connectivity index (χ0n) is 15.3. The fourth-order valence-corrected chi connectivity index (χ4v) is 3.57. The summed E-state index contributed by atoms with van der Waals surface area (Å²) in [7, 11) is 0. The number of alkyl carbamates (subject to hydrolysis) is 1. The van der Waals surface area contributed by atoms with E-state index in [-0.39, 0.29) is 42.4 Å². The number of nitrogens with zero attached hydrogens (tertiary/aromatic N) is 1. The lowest BCUT2D eigenvalue weighted by Crippen LogP contribution is -2.71. The van der Waals surface area contributed by atoms with Crippen LogP contribution < -0.4 is 10.6 Å². The molecule has 1 unspecified atom stereocenters. The second kappa shape index (κ2) is 8.01. The van der Waals surface area contributed by atoms with Gasteiger partial charge in [-0.1, -0.05) is 0 Å². The molecule has 0 aromatic heterocycles. The van der Waals surface area contributed by atoms with Gasteiger partial charge in [0, 0.05) is 17.5 Å². The summed E-state index contributed by atoms with van der Waals surface area (Å²) in [5.41, 5.74) is 0.570. The summed E-state index contributed by atoms with van der Waals surface area (Å²) in [5.74, 6) is -2.99. The molecule has 0 aromatic carbocycles. The Morgan fingerprint density at radius 2 is 1.83 bits per heavy atom. The first-order chi connectivity index (χ1) is 14.0. The van der Waals surface area contributed by atoms with E-state index in [0.717, 1.165) is 19.3 Å². The molecule has 4 N–H and O–H groups in total. The SMILES string of the molecule is O=C(O)C(F)(F)F.O=C(O)OC1=C(COC(=O)NC2CC2)C2CCN[C@@H]3C(=O)N1[C@H]23. The third-order valence-corrected chi connectivity index (χ3v) is 5.00. The van der Waals surface area contributed by atoms with Crippen molar-refractivity contribution in [2.45, 2.75) is 43.6 Å². The summed E-state index contributed by atoms with van der Waals surface area (Å²) in [4.78, 5) is 45.0. The first kappa shape index (κ1) is 21.7.